The molecule has 1 aromatic rings. The Morgan fingerprint density at radius 1 is 1.42 bits per heavy atom. The number of nitro groups is 1. The van der Waals surface area contributed by atoms with Crippen LogP contribution >= 0.6 is 11.6 Å². The highest BCUT2D eigenvalue weighted by atomic mass is 35.5. The van der Waals surface area contributed by atoms with Crippen LogP contribution in [0.4, 0.5) is 0 Å². The zero-order valence-electron chi connectivity index (χ0n) is 13.5. The molecule has 1 saturated carbocycles. The molecule has 0 saturated heterocycles. The maximum Gasteiger partial charge on any atom is 0.320 e. The van der Waals surface area contributed by atoms with Crippen molar-refractivity contribution in [2.75, 3.05) is 13.2 Å². The normalized spacial score (nSPS) is 22.0. The molecule has 2 atom stereocenters. The van der Waals surface area contributed by atoms with Crippen LogP contribution in [0.25, 0.3) is 0 Å². The summed E-state index contributed by atoms with van der Waals surface area (Å²) in [5.41, 5.74) is -1.09. The van der Waals surface area contributed by atoms with Gasteiger partial charge < -0.3 is 4.74 Å². The van der Waals surface area contributed by atoms with E-state index in [2.05, 4.69) is 0 Å². The van der Waals surface area contributed by atoms with Gasteiger partial charge in [-0.2, -0.15) is 0 Å². The predicted molar refractivity (Wildman–Crippen MR) is 88.6 cm³/mol. The van der Waals surface area contributed by atoms with E-state index in [0.29, 0.717) is 23.4 Å². The first-order valence-electron chi connectivity index (χ1n) is 8.00. The molecule has 24 heavy (non-hydrogen) atoms. The summed E-state index contributed by atoms with van der Waals surface area (Å²) in [5.74, 6) is -1.91. The largest absolute Gasteiger partial charge is 0.465 e. The molecule has 0 spiro atoms. The average Bonchev–Trinajstić information content (AvgIpc) is 2.54. The van der Waals surface area contributed by atoms with Crippen molar-refractivity contribution in [1.29, 1.82) is 0 Å². The summed E-state index contributed by atoms with van der Waals surface area (Å²) in [6.45, 7) is 1.22. The minimum atomic E-state index is -1.54. The minimum absolute atomic E-state index is 0.113. The van der Waals surface area contributed by atoms with E-state index in [0.717, 1.165) is 0 Å². The second-order valence-electron chi connectivity index (χ2n) is 5.91. The van der Waals surface area contributed by atoms with Crippen molar-refractivity contribution in [3.63, 3.8) is 0 Å². The van der Waals surface area contributed by atoms with Gasteiger partial charge in [-0.15, -0.1) is 0 Å². The van der Waals surface area contributed by atoms with E-state index < -0.39 is 28.8 Å². The van der Waals surface area contributed by atoms with Crippen molar-refractivity contribution in [3.05, 3.63) is 45.0 Å². The van der Waals surface area contributed by atoms with E-state index >= 15 is 0 Å². The minimum Gasteiger partial charge on any atom is -0.465 e. The third-order valence-corrected chi connectivity index (χ3v) is 4.91. The second kappa shape index (κ2) is 7.75. The molecule has 1 aromatic carbocycles. The van der Waals surface area contributed by atoms with Gasteiger partial charge in [0.2, 0.25) is 6.54 Å². The molecule has 0 N–H and O–H groups in total. The van der Waals surface area contributed by atoms with Crippen molar-refractivity contribution < 1.29 is 19.2 Å². The van der Waals surface area contributed by atoms with Crippen molar-refractivity contribution in [1.82, 2.24) is 0 Å². The Kier molecular flexibility index (Phi) is 5.94. The molecular formula is C17H20ClNO5. The number of nitrogens with zero attached hydrogens (tertiary/aromatic N) is 1. The summed E-state index contributed by atoms with van der Waals surface area (Å²) in [6, 6.07) is 6.64. The number of hydrogen-bond acceptors (Lipinski definition) is 5. The van der Waals surface area contributed by atoms with Gasteiger partial charge in [0.05, 0.1) is 12.5 Å². The molecule has 1 fully saturated rings. The van der Waals surface area contributed by atoms with Crippen LogP contribution < -0.4 is 0 Å². The van der Waals surface area contributed by atoms with Crippen LogP contribution in [-0.4, -0.2) is 29.8 Å². The number of carbonyl (C=O) groups excluding carboxylic acids is 2. The lowest BCUT2D eigenvalue weighted by Gasteiger charge is -2.38. The summed E-state index contributed by atoms with van der Waals surface area (Å²) in [5, 5.41) is 11.6. The van der Waals surface area contributed by atoms with Crippen LogP contribution in [-0.2, 0) is 14.3 Å². The number of Topliss-reactive ketones (excluding diaryl/α,β-unsaturated/α-hetero) is 1. The monoisotopic (exact) mass is 353 g/mol. The average molecular weight is 354 g/mol. The fourth-order valence-electron chi connectivity index (χ4n) is 3.46. The fourth-order valence-corrected chi connectivity index (χ4v) is 3.73. The molecule has 1 aliphatic carbocycles. The Labute approximate surface area is 145 Å². The quantitative estimate of drug-likeness (QED) is 0.338. The predicted octanol–water partition coefficient (Wildman–Crippen LogP) is 3.39. The third kappa shape index (κ3) is 3.43. The third-order valence-electron chi connectivity index (χ3n) is 4.57. The smallest absolute Gasteiger partial charge is 0.320 e. The lowest BCUT2D eigenvalue weighted by atomic mass is 9.62. The molecule has 6 nitrogen and oxygen atoms in total. The summed E-state index contributed by atoms with van der Waals surface area (Å²) in [7, 11) is 0. The molecule has 7 heteroatoms. The van der Waals surface area contributed by atoms with E-state index in [4.69, 9.17) is 16.3 Å². The van der Waals surface area contributed by atoms with Gasteiger partial charge in [0.1, 0.15) is 5.41 Å². The molecule has 0 aromatic heterocycles. The maximum atomic E-state index is 12.8. The number of carbonyl (C=O) groups is 2. The molecule has 0 radical (unpaired) electrons. The van der Waals surface area contributed by atoms with Gasteiger partial charge in [0.15, 0.2) is 5.78 Å². The number of halogens is 1. The number of benzene rings is 1. The molecule has 0 amide bonds. The second-order valence-corrected chi connectivity index (χ2v) is 6.32. The van der Waals surface area contributed by atoms with Crippen molar-refractivity contribution >= 4 is 23.4 Å². The van der Waals surface area contributed by atoms with Crippen LogP contribution in [0.15, 0.2) is 24.3 Å². The zero-order chi connectivity index (χ0) is 17.7. The molecule has 0 bridgehead atoms. The number of ketones is 1. The van der Waals surface area contributed by atoms with Crippen LogP contribution in [0.2, 0.25) is 5.02 Å². The van der Waals surface area contributed by atoms with E-state index in [1.807, 2.05) is 0 Å². The van der Waals surface area contributed by atoms with Gasteiger partial charge in [-0.25, -0.2) is 0 Å². The van der Waals surface area contributed by atoms with Crippen LogP contribution in [0.1, 0.15) is 44.1 Å². The highest BCUT2D eigenvalue weighted by Crippen LogP contribution is 2.47. The van der Waals surface area contributed by atoms with E-state index in [1.54, 1.807) is 31.2 Å². The van der Waals surface area contributed by atoms with Gasteiger partial charge >= 0.3 is 5.97 Å². The van der Waals surface area contributed by atoms with Crippen LogP contribution in [0, 0.1) is 15.5 Å². The number of rotatable bonds is 6. The Morgan fingerprint density at radius 3 is 2.71 bits per heavy atom. The first-order valence-corrected chi connectivity index (χ1v) is 8.38. The fraction of sp³-hybridized carbons (Fsp3) is 0.529. The van der Waals surface area contributed by atoms with Crippen molar-refractivity contribution in [2.45, 2.75) is 38.5 Å². The number of hydrogen-bond donors (Lipinski definition) is 0. The first kappa shape index (κ1) is 18.4. The Hall–Kier alpha value is -1.95. The Balaban J connectivity index is 2.60. The topological polar surface area (TPSA) is 86.5 Å². The van der Waals surface area contributed by atoms with Gasteiger partial charge in [0, 0.05) is 16.4 Å². The summed E-state index contributed by atoms with van der Waals surface area (Å²) >= 11 is 6.23. The standard InChI is InChI=1S/C17H20ClNO5/c1-2-24-16(21)17(10-6-5-9-15(17)20)13(11-19(22)23)12-7-3-4-8-14(12)18/h3-4,7-8,13H,2,5-6,9-11H2,1H3. The van der Waals surface area contributed by atoms with Gasteiger partial charge in [0.25, 0.3) is 0 Å². The number of ether oxygens (including phenoxy) is 1. The zero-order valence-corrected chi connectivity index (χ0v) is 14.3. The lowest BCUT2D eigenvalue weighted by molar-refractivity contribution is -0.485. The van der Waals surface area contributed by atoms with Crippen molar-refractivity contribution in [2.24, 2.45) is 5.41 Å². The summed E-state index contributed by atoms with van der Waals surface area (Å²) < 4.78 is 5.15. The Morgan fingerprint density at radius 2 is 2.12 bits per heavy atom. The van der Waals surface area contributed by atoms with Gasteiger partial charge in [-0.05, 0) is 31.4 Å². The Bertz CT molecular complexity index is 648. The lowest BCUT2D eigenvalue weighted by Crippen LogP contribution is -2.49. The molecule has 0 aliphatic heterocycles. The SMILES string of the molecule is CCOC(=O)C1(C(C[N+](=O)[O-])c2ccccc2Cl)CCCCC1=O. The highest BCUT2D eigenvalue weighted by Gasteiger charge is 2.56. The van der Waals surface area contributed by atoms with E-state index in [1.165, 1.54) is 0 Å². The first-order chi connectivity index (χ1) is 11.4. The van der Waals surface area contributed by atoms with E-state index in [-0.39, 0.29) is 25.2 Å². The molecule has 1 aliphatic rings. The van der Waals surface area contributed by atoms with Crippen LogP contribution in [0.3, 0.4) is 0 Å². The number of esters is 1. The van der Waals surface area contributed by atoms with Gasteiger partial charge in [-0.1, -0.05) is 36.2 Å². The highest BCUT2D eigenvalue weighted by molar-refractivity contribution is 6.31. The molecular weight excluding hydrogens is 334 g/mol. The maximum absolute atomic E-state index is 12.8. The van der Waals surface area contributed by atoms with Crippen molar-refractivity contribution in [3.8, 4) is 0 Å². The molecule has 2 unspecified atom stereocenters. The summed E-state index contributed by atoms with van der Waals surface area (Å²) in [4.78, 5) is 36.3. The molecule has 2 rings (SSSR count). The molecule has 130 valence electrons. The van der Waals surface area contributed by atoms with Gasteiger partial charge in [-0.3, -0.25) is 19.7 Å². The van der Waals surface area contributed by atoms with E-state index in [9.17, 15) is 19.7 Å². The summed E-state index contributed by atoms with van der Waals surface area (Å²) in [6.07, 6.45) is 1.78. The van der Waals surface area contributed by atoms with Crippen LogP contribution in [0.5, 0.6) is 0 Å². The molecule has 0 heterocycles.